The second-order valence-corrected chi connectivity index (χ2v) is 14.1. The number of alkyl halides is 1. The van der Waals surface area contributed by atoms with Crippen LogP contribution in [0, 0.1) is 28.6 Å². The van der Waals surface area contributed by atoms with Gasteiger partial charge in [-0.2, -0.15) is 0 Å². The van der Waals surface area contributed by atoms with Crippen molar-refractivity contribution in [3.63, 3.8) is 0 Å². The smallest absolute Gasteiger partial charge is 0.252 e. The summed E-state index contributed by atoms with van der Waals surface area (Å²) < 4.78 is 26.1. The number of hydrogen-bond donors (Lipinski definition) is 1. The lowest BCUT2D eigenvalue weighted by Gasteiger charge is -2.67. The van der Waals surface area contributed by atoms with Crippen molar-refractivity contribution in [3.05, 3.63) is 30.3 Å². The first-order valence-electron chi connectivity index (χ1n) is 15.6. The predicted octanol–water partition coefficient (Wildman–Crippen LogP) is 6.33. The average molecular weight is 542 g/mol. The molecular formula is C33H48FNO4. The van der Waals surface area contributed by atoms with E-state index in [9.17, 15) is 14.3 Å². The predicted molar refractivity (Wildman–Crippen MR) is 149 cm³/mol. The molecule has 1 aromatic rings. The number of carbonyl (C=O) groups excluding carboxylic acids is 1. The molecule has 5 fully saturated rings. The topological polar surface area (TPSA) is 59.0 Å². The zero-order chi connectivity index (χ0) is 27.4. The van der Waals surface area contributed by atoms with Gasteiger partial charge in [-0.25, -0.2) is 4.39 Å². The fourth-order valence-corrected chi connectivity index (χ4v) is 9.97. The lowest BCUT2D eigenvalue weighted by Crippen LogP contribution is -2.68. The fourth-order valence-electron chi connectivity index (χ4n) is 9.97. The van der Waals surface area contributed by atoms with E-state index >= 15 is 0 Å². The number of nitrogens with zero attached hydrogens (tertiary/aromatic N) is 1. The first-order chi connectivity index (χ1) is 18.7. The minimum absolute atomic E-state index is 0.0457. The van der Waals surface area contributed by atoms with E-state index in [-0.39, 0.29) is 35.0 Å². The Morgan fingerprint density at radius 2 is 1.72 bits per heavy atom. The summed E-state index contributed by atoms with van der Waals surface area (Å²) in [4.78, 5) is 16.0. The number of para-hydroxylation sites is 1. The Hall–Kier alpha value is -1.66. The van der Waals surface area contributed by atoms with Crippen molar-refractivity contribution < 1.29 is 23.8 Å². The molecule has 2 heterocycles. The summed E-state index contributed by atoms with van der Waals surface area (Å²) in [6, 6.07) is 10.00. The molecule has 2 saturated heterocycles. The van der Waals surface area contributed by atoms with Crippen LogP contribution in [0.1, 0.15) is 91.4 Å². The highest BCUT2D eigenvalue weighted by atomic mass is 19.1. The number of halogens is 1. The number of hydrogen-bond acceptors (Lipinski definition) is 4. The van der Waals surface area contributed by atoms with Gasteiger partial charge in [0.1, 0.15) is 24.1 Å². The maximum Gasteiger partial charge on any atom is 0.252 e. The summed E-state index contributed by atoms with van der Waals surface area (Å²) in [6.07, 6.45) is 8.18. The van der Waals surface area contributed by atoms with E-state index in [1.54, 1.807) is 0 Å². The maximum absolute atomic E-state index is 13.9. The van der Waals surface area contributed by atoms with Gasteiger partial charge < -0.3 is 19.5 Å². The largest absolute Gasteiger partial charge is 0.487 e. The molecule has 5 nitrogen and oxygen atoms in total. The van der Waals surface area contributed by atoms with E-state index in [1.807, 2.05) is 30.3 Å². The van der Waals surface area contributed by atoms with Gasteiger partial charge in [-0.1, -0.05) is 38.5 Å². The molecule has 0 aromatic heterocycles. The lowest BCUT2D eigenvalue weighted by molar-refractivity contribution is -0.218. The normalized spacial score (nSPS) is 46.3. The highest BCUT2D eigenvalue weighted by Gasteiger charge is 2.66. The number of fused-ring (bicyclic) bond motifs is 5. The molecule has 1 N–H and O–H groups in total. The maximum atomic E-state index is 13.9. The second-order valence-electron chi connectivity index (χ2n) is 14.1. The highest BCUT2D eigenvalue weighted by molar-refractivity contribution is 5.82. The highest BCUT2D eigenvalue weighted by Crippen LogP contribution is 2.68. The number of ether oxygens (including phenoxy) is 2. The average Bonchev–Trinajstić information content (AvgIpc) is 3.11. The van der Waals surface area contributed by atoms with Crippen molar-refractivity contribution >= 4 is 5.91 Å². The van der Waals surface area contributed by atoms with Crippen LogP contribution in [0.4, 0.5) is 4.39 Å². The van der Waals surface area contributed by atoms with Gasteiger partial charge in [0.25, 0.3) is 5.91 Å². The summed E-state index contributed by atoms with van der Waals surface area (Å²) in [7, 11) is 0. The van der Waals surface area contributed by atoms with Crippen LogP contribution in [0.25, 0.3) is 0 Å². The lowest BCUT2D eigenvalue weighted by atomic mass is 9.40. The Balaban J connectivity index is 1.27. The van der Waals surface area contributed by atoms with Gasteiger partial charge in [0.2, 0.25) is 0 Å². The van der Waals surface area contributed by atoms with E-state index in [0.717, 1.165) is 63.7 Å². The third kappa shape index (κ3) is 4.43. The minimum atomic E-state index is -0.946. The minimum Gasteiger partial charge on any atom is -0.487 e. The molecule has 3 saturated carbocycles. The van der Waals surface area contributed by atoms with Gasteiger partial charge in [0.05, 0.1) is 12.7 Å². The first kappa shape index (κ1) is 27.5. The molecule has 0 spiro atoms. The Labute approximate surface area is 233 Å². The second kappa shape index (κ2) is 10.3. The molecule has 1 amide bonds. The number of carbonyl (C=O) groups is 1. The molecule has 5 aliphatic rings. The quantitative estimate of drug-likeness (QED) is 0.486. The van der Waals surface area contributed by atoms with Gasteiger partial charge in [-0.15, -0.1) is 0 Å². The number of benzene rings is 1. The van der Waals surface area contributed by atoms with Crippen LogP contribution in [0.15, 0.2) is 30.3 Å². The molecule has 1 aromatic carbocycles. The Bertz CT molecular complexity index is 1030. The van der Waals surface area contributed by atoms with Gasteiger partial charge in [0.15, 0.2) is 0 Å². The zero-order valence-corrected chi connectivity index (χ0v) is 24.1. The van der Waals surface area contributed by atoms with Crippen LogP contribution in [-0.2, 0) is 9.53 Å². The van der Waals surface area contributed by atoms with Crippen LogP contribution in [0.2, 0.25) is 0 Å². The molecule has 0 bridgehead atoms. The van der Waals surface area contributed by atoms with Crippen LogP contribution in [-0.4, -0.2) is 59.1 Å². The van der Waals surface area contributed by atoms with Crippen LogP contribution in [0.3, 0.4) is 0 Å². The number of likely N-dealkylation sites (tertiary alicyclic amines) is 1. The van der Waals surface area contributed by atoms with Gasteiger partial charge in [0, 0.05) is 17.5 Å². The van der Waals surface area contributed by atoms with Crippen molar-refractivity contribution in [1.29, 1.82) is 0 Å². The Kier molecular flexibility index (Phi) is 7.27. The van der Waals surface area contributed by atoms with E-state index in [2.05, 4.69) is 25.7 Å². The standard InChI is InChI=1S/C33H48FNO4/c1-31-18-16-27(36)29(39-23-9-5-4-6-10-23)32(31,2)17-14-24-25(31)15-19-33(3)26(24)11-7-8-20-35(33)30(37)28-13-12-22(34)21-38-28/h4-6,9-10,22,24-29,36H,7-8,11-21H2,1-3H3/t22-,24-,25+,26+,27+,28-,29+,31-,32+,33+/m1/s1. The number of aliphatic hydroxyl groups excluding tert-OH is 1. The third-order valence-electron chi connectivity index (χ3n) is 12.4. The summed E-state index contributed by atoms with van der Waals surface area (Å²) in [5.74, 6) is 2.51. The third-order valence-corrected chi connectivity index (χ3v) is 12.4. The van der Waals surface area contributed by atoms with Crippen molar-refractivity contribution in [3.8, 4) is 5.75 Å². The summed E-state index contributed by atoms with van der Waals surface area (Å²) in [5, 5.41) is 11.2. The summed E-state index contributed by atoms with van der Waals surface area (Å²) >= 11 is 0. The van der Waals surface area contributed by atoms with Crippen molar-refractivity contribution in [2.75, 3.05) is 13.2 Å². The fraction of sp³-hybridized carbons (Fsp3) is 0.788. The molecule has 6 heteroatoms. The molecule has 39 heavy (non-hydrogen) atoms. The molecule has 0 radical (unpaired) electrons. The summed E-state index contributed by atoms with van der Waals surface area (Å²) in [5.41, 5.74) is -0.225. The SMILES string of the molecule is C[C@]12CC[C@H]3[C@@H](CC[C@@]4(C)[C@@H](Oc5ccccc5)[C@@H](O)CC[C@]34C)[C@@H]1CCCCN2C(=O)[C@H]1CC[C@@H](F)CO1. The molecule has 3 aliphatic carbocycles. The number of amides is 1. The monoisotopic (exact) mass is 541 g/mol. The Morgan fingerprint density at radius 1 is 0.949 bits per heavy atom. The van der Waals surface area contributed by atoms with E-state index in [4.69, 9.17) is 9.47 Å². The van der Waals surface area contributed by atoms with E-state index in [1.165, 1.54) is 6.42 Å². The molecule has 6 rings (SSSR count). The Morgan fingerprint density at radius 3 is 2.46 bits per heavy atom. The van der Waals surface area contributed by atoms with Crippen molar-refractivity contribution in [2.45, 2.75) is 121 Å². The zero-order valence-electron chi connectivity index (χ0n) is 24.1. The van der Waals surface area contributed by atoms with Crippen LogP contribution in [0.5, 0.6) is 5.75 Å². The molecule has 216 valence electrons. The van der Waals surface area contributed by atoms with Crippen LogP contribution >= 0.6 is 0 Å². The van der Waals surface area contributed by atoms with Gasteiger partial charge in [-0.05, 0) is 106 Å². The van der Waals surface area contributed by atoms with Gasteiger partial charge in [-0.3, -0.25) is 4.79 Å². The van der Waals surface area contributed by atoms with Gasteiger partial charge >= 0.3 is 0 Å². The van der Waals surface area contributed by atoms with Crippen molar-refractivity contribution in [2.24, 2.45) is 28.6 Å². The summed E-state index contributed by atoms with van der Waals surface area (Å²) in [6.45, 7) is 8.05. The van der Waals surface area contributed by atoms with E-state index in [0.29, 0.717) is 30.6 Å². The number of aliphatic hydroxyl groups is 1. The molecule has 2 aliphatic heterocycles. The molecule has 10 atom stereocenters. The first-order valence-corrected chi connectivity index (χ1v) is 15.6. The van der Waals surface area contributed by atoms with E-state index < -0.39 is 18.4 Å². The molecule has 0 unspecified atom stereocenters. The number of rotatable bonds is 3. The van der Waals surface area contributed by atoms with Crippen molar-refractivity contribution in [1.82, 2.24) is 4.90 Å². The van der Waals surface area contributed by atoms with Crippen LogP contribution < -0.4 is 4.74 Å². The molecular weight excluding hydrogens is 493 g/mol.